The molecule has 6 heteroatoms. The van der Waals surface area contributed by atoms with Crippen LogP contribution in [-0.2, 0) is 4.79 Å². The molecule has 2 rings (SSSR count). The fourth-order valence-corrected chi connectivity index (χ4v) is 2.00. The van der Waals surface area contributed by atoms with Crippen molar-refractivity contribution in [2.75, 3.05) is 31.5 Å². The van der Waals surface area contributed by atoms with Crippen molar-refractivity contribution in [1.82, 2.24) is 15.2 Å². The van der Waals surface area contributed by atoms with Gasteiger partial charge in [0, 0.05) is 31.5 Å². The second kappa shape index (κ2) is 6.17. The van der Waals surface area contributed by atoms with Crippen molar-refractivity contribution in [2.24, 2.45) is 0 Å². The summed E-state index contributed by atoms with van der Waals surface area (Å²) in [6, 6.07) is 3.53. The van der Waals surface area contributed by atoms with Gasteiger partial charge in [0.15, 0.2) is 0 Å². The monoisotopic (exact) mass is 262 g/mol. The van der Waals surface area contributed by atoms with Gasteiger partial charge < -0.3 is 15.5 Å². The minimum Gasteiger partial charge on any atom is -0.385 e. The first kappa shape index (κ1) is 13.3. The Morgan fingerprint density at radius 3 is 3.21 bits per heavy atom. The standard InChI is InChI=1S/C13H18N4O2/c1-2-14-10-4-6-15-11(8-10)13(19)17-7-3-5-16-12(18)9-17/h4,6,8H,2-3,5,7,9H2,1H3,(H,14,15)(H,16,18). The summed E-state index contributed by atoms with van der Waals surface area (Å²) in [6.45, 7) is 4.06. The molecule has 2 heterocycles. The second-order valence-corrected chi connectivity index (χ2v) is 4.39. The van der Waals surface area contributed by atoms with Crippen LogP contribution in [0.4, 0.5) is 5.69 Å². The van der Waals surface area contributed by atoms with Crippen LogP contribution in [0.2, 0.25) is 0 Å². The number of nitrogens with zero attached hydrogens (tertiary/aromatic N) is 2. The van der Waals surface area contributed by atoms with Crippen molar-refractivity contribution in [3.8, 4) is 0 Å². The number of aromatic nitrogens is 1. The van der Waals surface area contributed by atoms with Crippen molar-refractivity contribution < 1.29 is 9.59 Å². The first-order valence-electron chi connectivity index (χ1n) is 6.46. The minimum atomic E-state index is -0.197. The van der Waals surface area contributed by atoms with Gasteiger partial charge in [-0.25, -0.2) is 0 Å². The molecule has 1 aliphatic rings. The number of pyridine rings is 1. The molecule has 1 aromatic rings. The van der Waals surface area contributed by atoms with Gasteiger partial charge in [-0.05, 0) is 25.5 Å². The fourth-order valence-electron chi connectivity index (χ4n) is 2.00. The van der Waals surface area contributed by atoms with Crippen LogP contribution in [0.25, 0.3) is 0 Å². The third-order valence-corrected chi connectivity index (χ3v) is 2.91. The molecule has 2 N–H and O–H groups in total. The van der Waals surface area contributed by atoms with Crippen molar-refractivity contribution in [3.05, 3.63) is 24.0 Å². The van der Waals surface area contributed by atoms with E-state index in [1.165, 1.54) is 0 Å². The van der Waals surface area contributed by atoms with E-state index in [1.54, 1.807) is 17.2 Å². The van der Waals surface area contributed by atoms with E-state index in [-0.39, 0.29) is 18.4 Å². The van der Waals surface area contributed by atoms with Crippen LogP contribution in [0.1, 0.15) is 23.8 Å². The second-order valence-electron chi connectivity index (χ2n) is 4.39. The van der Waals surface area contributed by atoms with Crippen LogP contribution < -0.4 is 10.6 Å². The van der Waals surface area contributed by atoms with Crippen molar-refractivity contribution >= 4 is 17.5 Å². The molecule has 0 saturated carbocycles. The number of hydrogen-bond acceptors (Lipinski definition) is 4. The third kappa shape index (κ3) is 3.43. The predicted molar refractivity (Wildman–Crippen MR) is 71.9 cm³/mol. The number of carbonyl (C=O) groups is 2. The van der Waals surface area contributed by atoms with Crippen LogP contribution in [0.3, 0.4) is 0 Å². The van der Waals surface area contributed by atoms with E-state index in [4.69, 9.17) is 0 Å². The molecule has 19 heavy (non-hydrogen) atoms. The molecule has 0 radical (unpaired) electrons. The highest BCUT2D eigenvalue weighted by molar-refractivity contribution is 5.95. The first-order chi connectivity index (χ1) is 9.20. The predicted octanol–water partition coefficient (Wildman–Crippen LogP) is 0.475. The number of hydrogen-bond donors (Lipinski definition) is 2. The van der Waals surface area contributed by atoms with Crippen LogP contribution in [0.15, 0.2) is 18.3 Å². The van der Waals surface area contributed by atoms with E-state index in [0.717, 1.165) is 18.7 Å². The molecule has 0 aromatic carbocycles. The van der Waals surface area contributed by atoms with Crippen LogP contribution in [0.5, 0.6) is 0 Å². The maximum atomic E-state index is 12.3. The molecule has 0 atom stereocenters. The lowest BCUT2D eigenvalue weighted by Gasteiger charge is -2.18. The zero-order chi connectivity index (χ0) is 13.7. The van der Waals surface area contributed by atoms with Gasteiger partial charge in [-0.2, -0.15) is 0 Å². The molecule has 1 fully saturated rings. The normalized spacial score (nSPS) is 15.6. The van der Waals surface area contributed by atoms with Crippen LogP contribution >= 0.6 is 0 Å². The molecule has 1 aromatic heterocycles. The minimum absolute atomic E-state index is 0.103. The summed E-state index contributed by atoms with van der Waals surface area (Å²) >= 11 is 0. The average Bonchev–Trinajstić information content (AvgIpc) is 2.63. The SMILES string of the molecule is CCNc1ccnc(C(=O)N2CCCNC(=O)C2)c1. The van der Waals surface area contributed by atoms with E-state index in [9.17, 15) is 9.59 Å². The molecular weight excluding hydrogens is 244 g/mol. The maximum Gasteiger partial charge on any atom is 0.272 e. The highest BCUT2D eigenvalue weighted by atomic mass is 16.2. The number of rotatable bonds is 3. The summed E-state index contributed by atoms with van der Waals surface area (Å²) in [5.74, 6) is -0.314. The lowest BCUT2D eigenvalue weighted by molar-refractivity contribution is -0.121. The van der Waals surface area contributed by atoms with E-state index in [0.29, 0.717) is 18.8 Å². The number of amides is 2. The highest BCUT2D eigenvalue weighted by Crippen LogP contribution is 2.10. The van der Waals surface area contributed by atoms with Gasteiger partial charge in [0.25, 0.3) is 5.91 Å². The molecular formula is C13H18N4O2. The highest BCUT2D eigenvalue weighted by Gasteiger charge is 2.21. The lowest BCUT2D eigenvalue weighted by Crippen LogP contribution is -2.37. The molecule has 0 bridgehead atoms. The van der Waals surface area contributed by atoms with Gasteiger partial charge in [0.2, 0.25) is 5.91 Å². The quantitative estimate of drug-likeness (QED) is 0.830. The largest absolute Gasteiger partial charge is 0.385 e. The Balaban J connectivity index is 2.13. The van der Waals surface area contributed by atoms with Crippen LogP contribution in [0, 0.1) is 0 Å². The zero-order valence-corrected chi connectivity index (χ0v) is 11.0. The number of anilines is 1. The molecule has 0 spiro atoms. The number of carbonyl (C=O) groups excluding carboxylic acids is 2. The van der Waals surface area contributed by atoms with Gasteiger partial charge in [-0.3, -0.25) is 14.6 Å². The van der Waals surface area contributed by atoms with Crippen molar-refractivity contribution in [1.29, 1.82) is 0 Å². The molecule has 2 amide bonds. The zero-order valence-electron chi connectivity index (χ0n) is 11.0. The van der Waals surface area contributed by atoms with Crippen molar-refractivity contribution in [2.45, 2.75) is 13.3 Å². The molecule has 6 nitrogen and oxygen atoms in total. The Morgan fingerprint density at radius 1 is 1.58 bits per heavy atom. The van der Waals surface area contributed by atoms with E-state index < -0.39 is 0 Å². The molecule has 0 unspecified atom stereocenters. The summed E-state index contributed by atoms with van der Waals surface area (Å²) in [5.41, 5.74) is 1.23. The fraction of sp³-hybridized carbons (Fsp3) is 0.462. The average molecular weight is 262 g/mol. The summed E-state index contributed by atoms with van der Waals surface area (Å²) in [7, 11) is 0. The third-order valence-electron chi connectivity index (χ3n) is 2.91. The maximum absolute atomic E-state index is 12.3. The Hall–Kier alpha value is -2.11. The Bertz CT molecular complexity index is 475. The van der Waals surface area contributed by atoms with Gasteiger partial charge in [0.05, 0.1) is 6.54 Å². The summed E-state index contributed by atoms with van der Waals surface area (Å²) in [6.07, 6.45) is 2.37. The van der Waals surface area contributed by atoms with Gasteiger partial charge in [0.1, 0.15) is 5.69 Å². The van der Waals surface area contributed by atoms with Gasteiger partial charge in [-0.1, -0.05) is 0 Å². The first-order valence-corrected chi connectivity index (χ1v) is 6.46. The summed E-state index contributed by atoms with van der Waals surface area (Å²) < 4.78 is 0. The van der Waals surface area contributed by atoms with Gasteiger partial charge >= 0.3 is 0 Å². The van der Waals surface area contributed by atoms with Crippen molar-refractivity contribution in [3.63, 3.8) is 0 Å². The van der Waals surface area contributed by atoms with Gasteiger partial charge in [-0.15, -0.1) is 0 Å². The molecule has 1 saturated heterocycles. The topological polar surface area (TPSA) is 74.3 Å². The van der Waals surface area contributed by atoms with E-state index in [2.05, 4.69) is 15.6 Å². The lowest BCUT2D eigenvalue weighted by atomic mass is 10.2. The Morgan fingerprint density at radius 2 is 2.42 bits per heavy atom. The Labute approximate surface area is 112 Å². The number of nitrogens with one attached hydrogen (secondary N) is 2. The molecule has 0 aliphatic carbocycles. The molecule has 102 valence electrons. The summed E-state index contributed by atoms with van der Waals surface area (Å²) in [5, 5.41) is 5.88. The summed E-state index contributed by atoms with van der Waals surface area (Å²) in [4.78, 5) is 29.4. The van der Waals surface area contributed by atoms with E-state index >= 15 is 0 Å². The smallest absolute Gasteiger partial charge is 0.272 e. The van der Waals surface area contributed by atoms with E-state index in [1.807, 2.05) is 13.0 Å². The molecule has 1 aliphatic heterocycles. The van der Waals surface area contributed by atoms with Crippen LogP contribution in [-0.4, -0.2) is 47.9 Å². The Kier molecular flexibility index (Phi) is 4.33.